The lowest BCUT2D eigenvalue weighted by Gasteiger charge is -2.42. The Morgan fingerprint density at radius 2 is 1.85 bits per heavy atom. The molecule has 3 unspecified atom stereocenters. The van der Waals surface area contributed by atoms with Crippen LogP contribution in [0.4, 0.5) is 8.78 Å². The molecule has 8 nitrogen and oxygen atoms in total. The summed E-state index contributed by atoms with van der Waals surface area (Å²) in [5.74, 6) is -0.994. The number of aryl methyl sites for hydroxylation is 2. The number of morpholine rings is 1. The maximum atomic E-state index is 15.3. The van der Waals surface area contributed by atoms with Crippen LogP contribution in [-0.2, 0) is 32.3 Å². The standard InChI is InChI=1S/C36H42ClF2N5O3/c1-20-11-28-29(16-30(20)37)36(47-32(28)35(2,3)34-40-19-41-42(34)4)7-9-43(10-8-36)33(45)27-15-22(44-17-24-13-23(44)18-46-24)14-26(27)25-6-5-21(38)12-31(25)39/h5-6,11-12,16,19,22-24,26-27,32H,7-10,13-15,17-18H2,1-4H3/t22?,23?,24?,26-,27+,32-/m0/s1. The van der Waals surface area contributed by atoms with Crippen molar-refractivity contribution >= 4 is 17.5 Å². The van der Waals surface area contributed by atoms with E-state index >= 15 is 4.39 Å². The molecule has 1 spiro atoms. The van der Waals surface area contributed by atoms with E-state index in [-0.39, 0.29) is 36.0 Å². The molecule has 5 aliphatic rings. The Balaban J connectivity index is 1.06. The van der Waals surface area contributed by atoms with Gasteiger partial charge in [0, 0.05) is 55.8 Å². The van der Waals surface area contributed by atoms with Gasteiger partial charge in [0.2, 0.25) is 5.91 Å². The minimum Gasteiger partial charge on any atom is -0.375 e. The zero-order valence-electron chi connectivity index (χ0n) is 27.4. The average molecular weight is 666 g/mol. The molecule has 4 fully saturated rings. The summed E-state index contributed by atoms with van der Waals surface area (Å²) in [4.78, 5) is 23.5. The summed E-state index contributed by atoms with van der Waals surface area (Å²) in [5.41, 5.74) is 2.54. The third kappa shape index (κ3) is 5.04. The number of amides is 1. The Bertz CT molecular complexity index is 1720. The molecular formula is C36H42ClF2N5O3. The lowest BCUT2D eigenvalue weighted by Crippen LogP contribution is -2.48. The van der Waals surface area contributed by atoms with Gasteiger partial charge in [-0.2, -0.15) is 5.10 Å². The van der Waals surface area contributed by atoms with Gasteiger partial charge in [-0.1, -0.05) is 23.7 Å². The van der Waals surface area contributed by atoms with E-state index in [0.29, 0.717) is 62.0 Å². The highest BCUT2D eigenvalue weighted by Gasteiger charge is 2.54. The van der Waals surface area contributed by atoms with E-state index in [2.05, 4.69) is 41.0 Å². The van der Waals surface area contributed by atoms with Crippen molar-refractivity contribution < 1.29 is 23.0 Å². The Hall–Kier alpha value is -2.92. The highest BCUT2D eigenvalue weighted by Crippen LogP contribution is 2.56. The third-order valence-electron chi connectivity index (χ3n) is 11.9. The molecule has 0 radical (unpaired) electrons. The van der Waals surface area contributed by atoms with E-state index in [9.17, 15) is 9.18 Å². The number of nitrogens with zero attached hydrogens (tertiary/aromatic N) is 5. The predicted molar refractivity (Wildman–Crippen MR) is 172 cm³/mol. The molecule has 8 rings (SSSR count). The number of benzene rings is 2. The molecule has 0 N–H and O–H groups in total. The summed E-state index contributed by atoms with van der Waals surface area (Å²) in [6, 6.07) is 8.50. The van der Waals surface area contributed by atoms with Crippen LogP contribution in [0.25, 0.3) is 0 Å². The average Bonchev–Trinajstić information content (AvgIpc) is 3.88. The normalized spacial score (nSPS) is 30.1. The number of hydrogen-bond donors (Lipinski definition) is 0. The largest absolute Gasteiger partial charge is 0.375 e. The molecule has 3 aromatic rings. The number of halogens is 3. The van der Waals surface area contributed by atoms with Crippen LogP contribution in [0.1, 0.15) is 86.1 Å². The van der Waals surface area contributed by atoms with Crippen LogP contribution in [0.15, 0.2) is 36.7 Å². The van der Waals surface area contributed by atoms with Gasteiger partial charge in [0.1, 0.15) is 23.8 Å². The number of carbonyl (C=O) groups excluding carboxylic acids is 1. The van der Waals surface area contributed by atoms with E-state index in [4.69, 9.17) is 21.1 Å². The minimum atomic E-state index is -0.605. The summed E-state index contributed by atoms with van der Waals surface area (Å²) < 4.78 is 44.0. The Morgan fingerprint density at radius 1 is 1.06 bits per heavy atom. The van der Waals surface area contributed by atoms with Gasteiger partial charge in [-0.15, -0.1) is 0 Å². The number of ether oxygens (including phenoxy) is 2. The molecule has 6 atom stereocenters. The fourth-order valence-corrected chi connectivity index (χ4v) is 9.65. The summed E-state index contributed by atoms with van der Waals surface area (Å²) in [7, 11) is 1.90. The van der Waals surface area contributed by atoms with Crippen LogP contribution in [0, 0.1) is 24.5 Å². The molecule has 1 aromatic heterocycles. The summed E-state index contributed by atoms with van der Waals surface area (Å²) in [6.45, 7) is 8.88. The first kappa shape index (κ1) is 31.4. The molecule has 11 heteroatoms. The van der Waals surface area contributed by atoms with E-state index in [0.717, 1.165) is 41.5 Å². The van der Waals surface area contributed by atoms with Crippen molar-refractivity contribution in [1.29, 1.82) is 0 Å². The molecule has 1 amide bonds. The van der Waals surface area contributed by atoms with E-state index < -0.39 is 22.7 Å². The van der Waals surface area contributed by atoms with Gasteiger partial charge >= 0.3 is 0 Å². The van der Waals surface area contributed by atoms with Crippen molar-refractivity contribution in [3.8, 4) is 0 Å². The van der Waals surface area contributed by atoms with E-state index in [1.807, 2.05) is 18.9 Å². The highest BCUT2D eigenvalue weighted by molar-refractivity contribution is 6.31. The molecule has 4 aliphatic heterocycles. The molecule has 3 saturated heterocycles. The van der Waals surface area contributed by atoms with Crippen molar-refractivity contribution in [2.45, 2.75) is 94.1 Å². The minimum absolute atomic E-state index is 0.0489. The molecule has 2 aromatic carbocycles. The number of likely N-dealkylation sites (tertiary alicyclic amines) is 2. The van der Waals surface area contributed by atoms with Crippen LogP contribution in [0.2, 0.25) is 5.02 Å². The molecular weight excluding hydrogens is 624 g/mol. The SMILES string of the molecule is Cc1cc2c(cc1Cl)C1(CCN(C(=O)[C@@H]3CC(N4CC5CC4CO5)C[C@H]3c3ccc(F)cc3F)CC1)O[C@@H]2C(C)(C)c1ncnn1C. The monoisotopic (exact) mass is 665 g/mol. The van der Waals surface area contributed by atoms with Crippen molar-refractivity contribution in [3.05, 3.63) is 81.4 Å². The first-order valence-electron chi connectivity index (χ1n) is 16.9. The van der Waals surface area contributed by atoms with Gasteiger partial charge in [-0.25, -0.2) is 13.8 Å². The van der Waals surface area contributed by atoms with Crippen LogP contribution in [-0.4, -0.2) is 74.9 Å². The van der Waals surface area contributed by atoms with E-state index in [1.54, 1.807) is 11.0 Å². The van der Waals surface area contributed by atoms with Crippen LogP contribution in [0.3, 0.4) is 0 Å². The highest BCUT2D eigenvalue weighted by atomic mass is 35.5. The van der Waals surface area contributed by atoms with Crippen molar-refractivity contribution in [2.24, 2.45) is 13.0 Å². The van der Waals surface area contributed by atoms with Gasteiger partial charge in [-0.3, -0.25) is 14.4 Å². The predicted octanol–water partition coefficient (Wildman–Crippen LogP) is 5.96. The third-order valence-corrected chi connectivity index (χ3v) is 12.3. The molecule has 1 aliphatic carbocycles. The Kier molecular flexibility index (Phi) is 7.55. The zero-order valence-corrected chi connectivity index (χ0v) is 28.1. The van der Waals surface area contributed by atoms with Gasteiger partial charge in [0.25, 0.3) is 0 Å². The van der Waals surface area contributed by atoms with Crippen molar-refractivity contribution in [2.75, 3.05) is 26.2 Å². The van der Waals surface area contributed by atoms with Gasteiger partial charge in [0.15, 0.2) is 0 Å². The number of fused-ring (bicyclic) bond motifs is 4. The fraction of sp³-hybridized carbons (Fsp3) is 0.583. The number of carbonyl (C=O) groups is 1. The molecule has 2 bridgehead atoms. The van der Waals surface area contributed by atoms with Crippen LogP contribution in [0.5, 0.6) is 0 Å². The number of piperidine rings is 1. The number of rotatable bonds is 5. The van der Waals surface area contributed by atoms with E-state index in [1.165, 1.54) is 12.1 Å². The van der Waals surface area contributed by atoms with Crippen molar-refractivity contribution in [1.82, 2.24) is 24.6 Å². The first-order valence-corrected chi connectivity index (χ1v) is 17.3. The van der Waals surface area contributed by atoms with Gasteiger partial charge in [-0.05, 0) is 93.2 Å². The van der Waals surface area contributed by atoms with Crippen molar-refractivity contribution in [3.63, 3.8) is 0 Å². The maximum absolute atomic E-state index is 15.3. The lowest BCUT2D eigenvalue weighted by molar-refractivity contribution is -0.151. The fourth-order valence-electron chi connectivity index (χ4n) is 9.49. The topological polar surface area (TPSA) is 72.7 Å². The van der Waals surface area contributed by atoms with Gasteiger partial charge in [0.05, 0.1) is 29.8 Å². The van der Waals surface area contributed by atoms with Crippen LogP contribution >= 0.6 is 11.6 Å². The number of aromatic nitrogens is 3. The molecule has 250 valence electrons. The Morgan fingerprint density at radius 3 is 2.51 bits per heavy atom. The summed E-state index contributed by atoms with van der Waals surface area (Å²) >= 11 is 6.72. The second kappa shape index (κ2) is 11.3. The quantitative estimate of drug-likeness (QED) is 0.335. The summed E-state index contributed by atoms with van der Waals surface area (Å²) in [5, 5.41) is 5.02. The molecule has 47 heavy (non-hydrogen) atoms. The maximum Gasteiger partial charge on any atom is 0.226 e. The Labute approximate surface area is 279 Å². The number of hydrogen-bond acceptors (Lipinski definition) is 6. The molecule has 1 saturated carbocycles. The van der Waals surface area contributed by atoms with Gasteiger partial charge < -0.3 is 14.4 Å². The van der Waals surface area contributed by atoms with Crippen LogP contribution < -0.4 is 0 Å². The lowest BCUT2D eigenvalue weighted by atomic mass is 9.78. The molecule has 5 heterocycles. The summed E-state index contributed by atoms with van der Waals surface area (Å²) in [6.07, 6.45) is 5.12. The second-order valence-electron chi connectivity index (χ2n) is 15.0. The first-order chi connectivity index (χ1) is 22.4. The zero-order chi connectivity index (χ0) is 32.8. The second-order valence-corrected chi connectivity index (χ2v) is 15.4. The smallest absolute Gasteiger partial charge is 0.226 e.